The molecule has 3 heterocycles. The van der Waals surface area contributed by atoms with Crippen LogP contribution in [-0.4, -0.2) is 58.7 Å². The zero-order chi connectivity index (χ0) is 17.1. The minimum absolute atomic E-state index is 0. The summed E-state index contributed by atoms with van der Waals surface area (Å²) in [7, 11) is 3.67. The summed E-state index contributed by atoms with van der Waals surface area (Å²) in [5.74, 6) is 0.115. The SMILES string of the molecule is CNC(C(=O)N1CCN(Cc2ccc(Cl)s2)CC1)c1cnn(C)c1.Cl.Cl. The van der Waals surface area contributed by atoms with Crippen LogP contribution >= 0.6 is 47.8 Å². The Labute approximate surface area is 175 Å². The Balaban J connectivity index is 0.00000169. The largest absolute Gasteiger partial charge is 0.338 e. The van der Waals surface area contributed by atoms with E-state index < -0.39 is 0 Å². The Morgan fingerprint density at radius 2 is 2.00 bits per heavy atom. The molecular weight excluding hydrogens is 417 g/mol. The second-order valence-corrected chi connectivity index (χ2v) is 7.78. The van der Waals surface area contributed by atoms with E-state index in [1.54, 1.807) is 22.2 Å². The molecule has 10 heteroatoms. The standard InChI is InChI=1S/C16H22ClN5OS.2ClH/c1-18-15(12-9-19-20(2)10-12)16(23)22-7-5-21(6-8-22)11-13-3-4-14(17)24-13;;/h3-4,9-10,15,18H,5-8,11H2,1-2H3;2*1H. The van der Waals surface area contributed by atoms with Gasteiger partial charge in [-0.05, 0) is 19.2 Å². The number of piperazine rings is 1. The number of carbonyl (C=O) groups excluding carboxylic acids is 1. The van der Waals surface area contributed by atoms with E-state index in [0.717, 1.165) is 42.6 Å². The first-order valence-electron chi connectivity index (χ1n) is 7.98. The van der Waals surface area contributed by atoms with Gasteiger partial charge in [0.15, 0.2) is 0 Å². The Hall–Kier alpha value is -0.830. The Morgan fingerprint density at radius 1 is 1.31 bits per heavy atom. The molecule has 1 unspecified atom stereocenters. The zero-order valence-corrected chi connectivity index (χ0v) is 17.9. The molecular formula is C16H24Cl3N5OS. The van der Waals surface area contributed by atoms with Crippen LogP contribution in [-0.2, 0) is 18.4 Å². The van der Waals surface area contributed by atoms with Gasteiger partial charge < -0.3 is 10.2 Å². The van der Waals surface area contributed by atoms with Gasteiger partial charge in [-0.3, -0.25) is 14.4 Å². The molecule has 1 aliphatic rings. The lowest BCUT2D eigenvalue weighted by Gasteiger charge is -2.36. The number of amides is 1. The predicted octanol–water partition coefficient (Wildman–Crippen LogP) is 2.58. The van der Waals surface area contributed by atoms with Crippen LogP contribution in [0.4, 0.5) is 0 Å². The second kappa shape index (κ2) is 10.5. The highest BCUT2D eigenvalue weighted by molar-refractivity contribution is 7.16. The maximum absolute atomic E-state index is 12.8. The van der Waals surface area contributed by atoms with Gasteiger partial charge in [0, 0.05) is 56.4 Å². The Bertz CT molecular complexity index is 700. The number of halogens is 3. The minimum atomic E-state index is -0.332. The molecule has 0 spiro atoms. The number of aromatic nitrogens is 2. The van der Waals surface area contributed by atoms with E-state index >= 15 is 0 Å². The smallest absolute Gasteiger partial charge is 0.244 e. The minimum Gasteiger partial charge on any atom is -0.338 e. The number of hydrogen-bond donors (Lipinski definition) is 1. The molecule has 0 aromatic carbocycles. The van der Waals surface area contributed by atoms with Crippen molar-refractivity contribution in [2.24, 2.45) is 7.05 Å². The fraction of sp³-hybridized carbons (Fsp3) is 0.500. The monoisotopic (exact) mass is 439 g/mol. The molecule has 0 radical (unpaired) electrons. The number of rotatable bonds is 5. The highest BCUT2D eigenvalue weighted by Crippen LogP contribution is 2.23. The van der Waals surface area contributed by atoms with Crippen molar-refractivity contribution in [2.75, 3.05) is 33.2 Å². The van der Waals surface area contributed by atoms with E-state index in [-0.39, 0.29) is 36.8 Å². The molecule has 146 valence electrons. The van der Waals surface area contributed by atoms with Gasteiger partial charge >= 0.3 is 0 Å². The molecule has 1 amide bonds. The van der Waals surface area contributed by atoms with Gasteiger partial charge in [0.25, 0.3) is 0 Å². The molecule has 0 bridgehead atoms. The topological polar surface area (TPSA) is 53.4 Å². The molecule has 1 atom stereocenters. The fourth-order valence-electron chi connectivity index (χ4n) is 2.99. The highest BCUT2D eigenvalue weighted by atomic mass is 35.5. The third kappa shape index (κ3) is 5.58. The number of hydrogen-bond acceptors (Lipinski definition) is 5. The van der Waals surface area contributed by atoms with E-state index in [1.807, 2.05) is 31.3 Å². The van der Waals surface area contributed by atoms with Gasteiger partial charge in [0.1, 0.15) is 6.04 Å². The van der Waals surface area contributed by atoms with Crippen molar-refractivity contribution < 1.29 is 4.79 Å². The Morgan fingerprint density at radius 3 is 2.50 bits per heavy atom. The summed E-state index contributed by atoms with van der Waals surface area (Å²) in [6.45, 7) is 4.15. The van der Waals surface area contributed by atoms with Gasteiger partial charge in [0.2, 0.25) is 5.91 Å². The summed E-state index contributed by atoms with van der Waals surface area (Å²) in [4.78, 5) is 18.4. The fourth-order valence-corrected chi connectivity index (χ4v) is 4.12. The normalized spacial score (nSPS) is 15.9. The molecule has 1 N–H and O–H groups in total. The average molecular weight is 441 g/mol. The number of thiophene rings is 1. The van der Waals surface area contributed by atoms with Crippen LogP contribution in [0.25, 0.3) is 0 Å². The molecule has 1 fully saturated rings. The molecule has 2 aromatic heterocycles. The average Bonchev–Trinajstić information content (AvgIpc) is 3.17. The van der Waals surface area contributed by atoms with E-state index in [1.165, 1.54) is 4.88 Å². The first kappa shape index (κ1) is 23.2. The van der Waals surface area contributed by atoms with E-state index in [9.17, 15) is 4.79 Å². The van der Waals surface area contributed by atoms with Crippen LogP contribution in [0, 0.1) is 0 Å². The van der Waals surface area contributed by atoms with Gasteiger partial charge in [0.05, 0.1) is 10.5 Å². The van der Waals surface area contributed by atoms with Gasteiger partial charge in [-0.15, -0.1) is 36.2 Å². The van der Waals surface area contributed by atoms with Crippen molar-refractivity contribution >= 4 is 53.7 Å². The van der Waals surface area contributed by atoms with Crippen LogP contribution in [0.2, 0.25) is 4.34 Å². The third-order valence-corrected chi connectivity index (χ3v) is 5.50. The predicted molar refractivity (Wildman–Crippen MR) is 111 cm³/mol. The number of aryl methyl sites for hydroxylation is 1. The number of likely N-dealkylation sites (N-methyl/N-ethyl adjacent to an activating group) is 1. The lowest BCUT2D eigenvalue weighted by Crippen LogP contribution is -2.50. The van der Waals surface area contributed by atoms with Crippen LogP contribution < -0.4 is 5.32 Å². The molecule has 0 aliphatic carbocycles. The van der Waals surface area contributed by atoms with Crippen LogP contribution in [0.1, 0.15) is 16.5 Å². The van der Waals surface area contributed by atoms with E-state index in [2.05, 4.69) is 21.4 Å². The van der Waals surface area contributed by atoms with Crippen LogP contribution in [0.5, 0.6) is 0 Å². The zero-order valence-electron chi connectivity index (χ0n) is 14.7. The molecule has 1 saturated heterocycles. The quantitative estimate of drug-likeness (QED) is 0.776. The van der Waals surface area contributed by atoms with Crippen molar-refractivity contribution in [1.82, 2.24) is 24.9 Å². The summed E-state index contributed by atoms with van der Waals surface area (Å²) in [5.41, 5.74) is 0.903. The van der Waals surface area contributed by atoms with Crippen molar-refractivity contribution in [1.29, 1.82) is 0 Å². The summed E-state index contributed by atoms with van der Waals surface area (Å²) < 4.78 is 2.55. The molecule has 3 rings (SSSR count). The first-order valence-corrected chi connectivity index (χ1v) is 9.17. The molecule has 26 heavy (non-hydrogen) atoms. The molecule has 2 aromatic rings. The maximum Gasteiger partial charge on any atom is 0.244 e. The van der Waals surface area contributed by atoms with Crippen molar-refractivity contribution in [3.05, 3.63) is 39.3 Å². The summed E-state index contributed by atoms with van der Waals surface area (Å²) in [5, 5.41) is 7.27. The summed E-state index contributed by atoms with van der Waals surface area (Å²) in [6, 6.07) is 3.68. The van der Waals surface area contributed by atoms with Crippen LogP contribution in [0.15, 0.2) is 24.5 Å². The number of nitrogens with zero attached hydrogens (tertiary/aromatic N) is 4. The molecule has 0 saturated carbocycles. The van der Waals surface area contributed by atoms with Gasteiger partial charge in [-0.2, -0.15) is 5.10 Å². The van der Waals surface area contributed by atoms with Gasteiger partial charge in [-0.1, -0.05) is 11.6 Å². The highest BCUT2D eigenvalue weighted by Gasteiger charge is 2.28. The molecule has 6 nitrogen and oxygen atoms in total. The first-order chi connectivity index (χ1) is 11.6. The maximum atomic E-state index is 12.8. The van der Waals surface area contributed by atoms with Gasteiger partial charge in [-0.25, -0.2) is 0 Å². The third-order valence-electron chi connectivity index (χ3n) is 4.29. The summed E-state index contributed by atoms with van der Waals surface area (Å²) in [6.07, 6.45) is 3.63. The summed E-state index contributed by atoms with van der Waals surface area (Å²) >= 11 is 7.61. The van der Waals surface area contributed by atoms with Crippen molar-refractivity contribution in [3.8, 4) is 0 Å². The Kier molecular flexibility index (Phi) is 9.36. The molecule has 1 aliphatic heterocycles. The second-order valence-electron chi connectivity index (χ2n) is 5.98. The number of carbonyl (C=O) groups is 1. The number of nitrogens with one attached hydrogen (secondary N) is 1. The van der Waals surface area contributed by atoms with Crippen molar-refractivity contribution in [2.45, 2.75) is 12.6 Å². The lowest BCUT2D eigenvalue weighted by molar-refractivity contribution is -0.135. The van der Waals surface area contributed by atoms with E-state index in [4.69, 9.17) is 11.6 Å². The van der Waals surface area contributed by atoms with Crippen LogP contribution in [0.3, 0.4) is 0 Å². The van der Waals surface area contributed by atoms with Crippen molar-refractivity contribution in [3.63, 3.8) is 0 Å². The van der Waals surface area contributed by atoms with E-state index in [0.29, 0.717) is 0 Å². The lowest BCUT2D eigenvalue weighted by atomic mass is 10.1.